The standard InChI is InChI=1S/C18H22N4O2S/c1-12(18-20-13(2)11-25-18)9-19-17(24)7-8-22-15-6-4-3-5-14(15)21-16(22)10-23/h3-6,11-12,23H,7-10H2,1-2H3,(H,19,24)/t12-/m0/s1. The average Bonchev–Trinajstić information content (AvgIpc) is 3.21. The molecular weight excluding hydrogens is 336 g/mol. The number of aliphatic hydroxyl groups is 1. The highest BCUT2D eigenvalue weighted by atomic mass is 32.1. The number of aromatic nitrogens is 3. The molecule has 7 heteroatoms. The van der Waals surface area contributed by atoms with Crippen molar-refractivity contribution < 1.29 is 9.90 Å². The fourth-order valence-corrected chi connectivity index (χ4v) is 3.61. The van der Waals surface area contributed by atoms with Crippen LogP contribution in [-0.4, -0.2) is 32.1 Å². The molecule has 0 bridgehead atoms. The van der Waals surface area contributed by atoms with Crippen molar-refractivity contribution in [2.24, 2.45) is 0 Å². The first kappa shape index (κ1) is 17.6. The number of amides is 1. The number of hydrogen-bond donors (Lipinski definition) is 2. The monoisotopic (exact) mass is 358 g/mol. The maximum absolute atomic E-state index is 12.2. The van der Waals surface area contributed by atoms with Gasteiger partial charge < -0.3 is 15.0 Å². The maximum atomic E-state index is 12.2. The van der Waals surface area contributed by atoms with E-state index in [9.17, 15) is 9.90 Å². The highest BCUT2D eigenvalue weighted by molar-refractivity contribution is 7.09. The Kier molecular flexibility index (Phi) is 5.45. The number of benzene rings is 1. The van der Waals surface area contributed by atoms with Crippen LogP contribution in [0.2, 0.25) is 0 Å². The first-order chi connectivity index (χ1) is 12.1. The lowest BCUT2D eigenvalue weighted by Gasteiger charge is -2.11. The summed E-state index contributed by atoms with van der Waals surface area (Å²) in [6.07, 6.45) is 0.344. The summed E-state index contributed by atoms with van der Waals surface area (Å²) in [4.78, 5) is 21.0. The molecule has 3 aromatic rings. The summed E-state index contributed by atoms with van der Waals surface area (Å²) in [5.41, 5.74) is 2.78. The largest absolute Gasteiger partial charge is 0.388 e. The summed E-state index contributed by atoms with van der Waals surface area (Å²) in [5, 5.41) is 15.5. The maximum Gasteiger partial charge on any atom is 0.221 e. The lowest BCUT2D eigenvalue weighted by atomic mass is 10.2. The Hall–Kier alpha value is -2.25. The van der Waals surface area contributed by atoms with Gasteiger partial charge in [0.25, 0.3) is 0 Å². The van der Waals surface area contributed by atoms with Crippen LogP contribution in [0.5, 0.6) is 0 Å². The third-order valence-corrected chi connectivity index (χ3v) is 5.30. The van der Waals surface area contributed by atoms with Crippen molar-refractivity contribution in [2.45, 2.75) is 39.3 Å². The van der Waals surface area contributed by atoms with Gasteiger partial charge in [0.05, 0.1) is 16.0 Å². The van der Waals surface area contributed by atoms with Gasteiger partial charge in [-0.2, -0.15) is 0 Å². The van der Waals surface area contributed by atoms with Gasteiger partial charge in [-0.1, -0.05) is 19.1 Å². The van der Waals surface area contributed by atoms with Crippen molar-refractivity contribution in [3.63, 3.8) is 0 Å². The van der Waals surface area contributed by atoms with E-state index in [1.54, 1.807) is 11.3 Å². The zero-order valence-electron chi connectivity index (χ0n) is 14.4. The highest BCUT2D eigenvalue weighted by Gasteiger charge is 2.13. The second kappa shape index (κ2) is 7.76. The van der Waals surface area contributed by atoms with Gasteiger partial charge in [0.15, 0.2) is 0 Å². The van der Waals surface area contributed by atoms with Gasteiger partial charge in [-0.05, 0) is 19.1 Å². The molecule has 1 amide bonds. The van der Waals surface area contributed by atoms with Gasteiger partial charge >= 0.3 is 0 Å². The van der Waals surface area contributed by atoms with Gasteiger partial charge in [0, 0.05) is 36.5 Å². The number of carbonyl (C=O) groups excluding carboxylic acids is 1. The lowest BCUT2D eigenvalue weighted by Crippen LogP contribution is -2.28. The summed E-state index contributed by atoms with van der Waals surface area (Å²) >= 11 is 1.62. The van der Waals surface area contributed by atoms with Crippen molar-refractivity contribution in [1.82, 2.24) is 19.9 Å². The van der Waals surface area contributed by atoms with E-state index in [4.69, 9.17) is 0 Å². The Morgan fingerprint density at radius 1 is 1.36 bits per heavy atom. The summed E-state index contributed by atoms with van der Waals surface area (Å²) < 4.78 is 1.91. The fraction of sp³-hybridized carbons (Fsp3) is 0.389. The van der Waals surface area contributed by atoms with Gasteiger partial charge in [-0.25, -0.2) is 9.97 Å². The molecule has 0 aliphatic rings. The molecule has 0 aliphatic carbocycles. The molecule has 2 heterocycles. The van der Waals surface area contributed by atoms with Crippen LogP contribution in [0.4, 0.5) is 0 Å². The highest BCUT2D eigenvalue weighted by Crippen LogP contribution is 2.19. The zero-order valence-corrected chi connectivity index (χ0v) is 15.2. The number of nitrogens with one attached hydrogen (secondary N) is 1. The van der Waals surface area contributed by atoms with Crippen molar-refractivity contribution in [3.05, 3.63) is 46.2 Å². The Balaban J connectivity index is 1.57. The Bertz CT molecular complexity index is 871. The molecule has 25 heavy (non-hydrogen) atoms. The predicted octanol–water partition coefficient (Wildman–Crippen LogP) is 2.60. The van der Waals surface area contributed by atoms with Crippen LogP contribution in [0.15, 0.2) is 29.6 Å². The molecule has 132 valence electrons. The summed E-state index contributed by atoms with van der Waals surface area (Å²) in [6, 6.07) is 7.70. The minimum absolute atomic E-state index is 0.0122. The third kappa shape index (κ3) is 4.05. The molecule has 0 unspecified atom stereocenters. The molecule has 6 nitrogen and oxygen atoms in total. The molecule has 2 aromatic heterocycles. The first-order valence-electron chi connectivity index (χ1n) is 8.32. The van der Waals surface area contributed by atoms with Gasteiger partial charge in [0.1, 0.15) is 12.4 Å². The van der Waals surface area contributed by atoms with E-state index in [0.717, 1.165) is 21.7 Å². The van der Waals surface area contributed by atoms with E-state index in [0.29, 0.717) is 25.3 Å². The molecule has 0 saturated carbocycles. The zero-order chi connectivity index (χ0) is 17.8. The third-order valence-electron chi connectivity index (χ3n) is 4.10. The van der Waals surface area contributed by atoms with Crippen LogP contribution in [0, 0.1) is 6.92 Å². The molecule has 0 aliphatic heterocycles. The van der Waals surface area contributed by atoms with Crippen molar-refractivity contribution in [1.29, 1.82) is 0 Å². The number of aliphatic hydroxyl groups excluding tert-OH is 1. The number of rotatable bonds is 7. The van der Waals surface area contributed by atoms with Crippen LogP contribution in [-0.2, 0) is 17.9 Å². The van der Waals surface area contributed by atoms with Gasteiger partial charge in [-0.3, -0.25) is 4.79 Å². The minimum atomic E-state index is -0.142. The van der Waals surface area contributed by atoms with E-state index in [2.05, 4.69) is 22.2 Å². The predicted molar refractivity (Wildman–Crippen MR) is 98.5 cm³/mol. The van der Waals surface area contributed by atoms with Crippen LogP contribution in [0.3, 0.4) is 0 Å². The number of fused-ring (bicyclic) bond motifs is 1. The van der Waals surface area contributed by atoms with Crippen LogP contribution < -0.4 is 5.32 Å². The summed E-state index contributed by atoms with van der Waals surface area (Å²) in [6.45, 7) is 4.96. The Labute approximate surface area is 150 Å². The summed E-state index contributed by atoms with van der Waals surface area (Å²) in [5.74, 6) is 0.771. The Morgan fingerprint density at radius 3 is 2.88 bits per heavy atom. The molecular formula is C18H22N4O2S. The van der Waals surface area contributed by atoms with E-state index < -0.39 is 0 Å². The van der Waals surface area contributed by atoms with E-state index in [1.807, 2.05) is 41.1 Å². The number of nitrogens with zero attached hydrogens (tertiary/aromatic N) is 3. The van der Waals surface area contributed by atoms with Crippen LogP contribution in [0.1, 0.15) is 35.8 Å². The smallest absolute Gasteiger partial charge is 0.221 e. The molecule has 0 spiro atoms. The second-order valence-corrected chi connectivity index (χ2v) is 7.00. The lowest BCUT2D eigenvalue weighted by molar-refractivity contribution is -0.121. The topological polar surface area (TPSA) is 80.0 Å². The van der Waals surface area contributed by atoms with Gasteiger partial charge in [0.2, 0.25) is 5.91 Å². The molecule has 0 fully saturated rings. The molecule has 0 radical (unpaired) electrons. The number of imidazole rings is 1. The quantitative estimate of drug-likeness (QED) is 0.680. The van der Waals surface area contributed by atoms with Crippen molar-refractivity contribution in [3.8, 4) is 0 Å². The van der Waals surface area contributed by atoms with Gasteiger partial charge in [-0.15, -0.1) is 11.3 Å². The normalized spacial score (nSPS) is 12.4. The molecule has 1 atom stereocenters. The number of thiazole rings is 1. The minimum Gasteiger partial charge on any atom is -0.388 e. The number of aryl methyl sites for hydroxylation is 2. The van der Waals surface area contributed by atoms with E-state index in [1.165, 1.54) is 0 Å². The molecule has 1 aromatic carbocycles. The second-order valence-electron chi connectivity index (χ2n) is 6.11. The van der Waals surface area contributed by atoms with Crippen molar-refractivity contribution in [2.75, 3.05) is 6.54 Å². The van der Waals surface area contributed by atoms with Crippen LogP contribution in [0.25, 0.3) is 11.0 Å². The number of para-hydroxylation sites is 2. The molecule has 2 N–H and O–H groups in total. The average molecular weight is 358 g/mol. The van der Waals surface area contributed by atoms with E-state index >= 15 is 0 Å². The van der Waals surface area contributed by atoms with Crippen LogP contribution >= 0.6 is 11.3 Å². The SMILES string of the molecule is Cc1csc([C@@H](C)CNC(=O)CCn2c(CO)nc3ccccc32)n1. The Morgan fingerprint density at radius 2 is 2.16 bits per heavy atom. The molecule has 0 saturated heterocycles. The number of hydrogen-bond acceptors (Lipinski definition) is 5. The van der Waals surface area contributed by atoms with Crippen molar-refractivity contribution >= 4 is 28.3 Å². The fourth-order valence-electron chi connectivity index (χ4n) is 2.75. The molecule has 3 rings (SSSR count). The number of carbonyl (C=O) groups is 1. The summed E-state index contributed by atoms with van der Waals surface area (Å²) in [7, 11) is 0. The first-order valence-corrected chi connectivity index (χ1v) is 9.20. The van der Waals surface area contributed by atoms with E-state index in [-0.39, 0.29) is 18.4 Å².